The van der Waals surface area contributed by atoms with E-state index in [9.17, 15) is 4.79 Å². The molecule has 6 heteroatoms. The van der Waals surface area contributed by atoms with E-state index >= 15 is 0 Å². The lowest BCUT2D eigenvalue weighted by molar-refractivity contribution is -0.0136. The van der Waals surface area contributed by atoms with E-state index in [1.807, 2.05) is 7.05 Å². The fraction of sp³-hybridized carbons (Fsp3) is 0.696. The number of benzene rings is 1. The van der Waals surface area contributed by atoms with Gasteiger partial charge in [0.05, 0.1) is 19.3 Å². The zero-order chi connectivity index (χ0) is 20.1. The van der Waals surface area contributed by atoms with Gasteiger partial charge < -0.3 is 19.1 Å². The minimum atomic E-state index is -0.213. The van der Waals surface area contributed by atoms with Gasteiger partial charge in [0.15, 0.2) is 0 Å². The van der Waals surface area contributed by atoms with Gasteiger partial charge in [-0.15, -0.1) is 0 Å². The van der Waals surface area contributed by atoms with E-state index in [0.717, 1.165) is 44.5 Å². The Morgan fingerprint density at radius 1 is 1.10 bits per heavy atom. The highest BCUT2D eigenvalue weighted by atomic mass is 16.6. The van der Waals surface area contributed by atoms with Crippen LogP contribution in [0.15, 0.2) is 24.3 Å². The van der Waals surface area contributed by atoms with Gasteiger partial charge in [0.2, 0.25) is 0 Å². The molecular weight excluding hydrogens is 368 g/mol. The summed E-state index contributed by atoms with van der Waals surface area (Å²) >= 11 is 0. The number of carbonyl (C=O) groups excluding carboxylic acids is 1. The largest absolute Gasteiger partial charge is 0.490 e. The molecule has 29 heavy (non-hydrogen) atoms. The molecule has 2 aliphatic heterocycles. The van der Waals surface area contributed by atoms with Gasteiger partial charge in [-0.3, -0.25) is 4.90 Å². The molecule has 160 valence electrons. The van der Waals surface area contributed by atoms with Gasteiger partial charge in [-0.05, 0) is 62.4 Å². The molecule has 0 radical (unpaired) electrons. The SMILES string of the molecule is CN(CC1CC(Oc2ccc(CN3CCCC3)cc2)C1)C(=O)OC1CCOCC1. The van der Waals surface area contributed by atoms with E-state index in [0.29, 0.717) is 19.1 Å². The summed E-state index contributed by atoms with van der Waals surface area (Å²) in [4.78, 5) is 16.5. The molecule has 0 N–H and O–H groups in total. The molecule has 1 aromatic carbocycles. The molecule has 3 aliphatic rings. The fourth-order valence-electron chi connectivity index (χ4n) is 4.47. The molecule has 0 spiro atoms. The molecule has 6 nitrogen and oxygen atoms in total. The maximum Gasteiger partial charge on any atom is 0.409 e. The van der Waals surface area contributed by atoms with Crippen molar-refractivity contribution < 1.29 is 19.0 Å². The summed E-state index contributed by atoms with van der Waals surface area (Å²) in [5.41, 5.74) is 1.36. The molecule has 2 heterocycles. The van der Waals surface area contributed by atoms with Crippen LogP contribution in [0.3, 0.4) is 0 Å². The number of carbonyl (C=O) groups is 1. The monoisotopic (exact) mass is 402 g/mol. The van der Waals surface area contributed by atoms with Crippen LogP contribution in [0.5, 0.6) is 5.75 Å². The van der Waals surface area contributed by atoms with E-state index in [2.05, 4.69) is 29.2 Å². The van der Waals surface area contributed by atoms with Gasteiger partial charge in [-0.2, -0.15) is 0 Å². The molecule has 1 amide bonds. The summed E-state index contributed by atoms with van der Waals surface area (Å²) in [6, 6.07) is 8.56. The van der Waals surface area contributed by atoms with Crippen molar-refractivity contribution in [1.82, 2.24) is 9.80 Å². The van der Waals surface area contributed by atoms with Gasteiger partial charge in [-0.1, -0.05) is 12.1 Å². The molecule has 1 aliphatic carbocycles. The first-order valence-corrected chi connectivity index (χ1v) is 11.1. The zero-order valence-electron chi connectivity index (χ0n) is 17.6. The summed E-state index contributed by atoms with van der Waals surface area (Å²) in [7, 11) is 1.83. The maximum atomic E-state index is 12.2. The van der Waals surface area contributed by atoms with Crippen LogP contribution in [0, 0.1) is 5.92 Å². The number of ether oxygens (including phenoxy) is 3. The average Bonchev–Trinajstić information content (AvgIpc) is 3.21. The molecule has 0 bridgehead atoms. The lowest BCUT2D eigenvalue weighted by Gasteiger charge is -2.37. The predicted octanol–water partition coefficient (Wildman–Crippen LogP) is 3.69. The van der Waals surface area contributed by atoms with Crippen molar-refractivity contribution in [2.45, 2.75) is 57.3 Å². The molecule has 3 fully saturated rings. The highest BCUT2D eigenvalue weighted by Gasteiger charge is 2.33. The van der Waals surface area contributed by atoms with Crippen molar-refractivity contribution in [1.29, 1.82) is 0 Å². The Morgan fingerprint density at radius 2 is 1.79 bits per heavy atom. The lowest BCUT2D eigenvalue weighted by atomic mass is 9.82. The van der Waals surface area contributed by atoms with Crippen LogP contribution in [-0.4, -0.2) is 68.0 Å². The maximum absolute atomic E-state index is 12.2. The Hall–Kier alpha value is -1.79. The fourth-order valence-corrected chi connectivity index (χ4v) is 4.47. The van der Waals surface area contributed by atoms with E-state index < -0.39 is 0 Å². The molecule has 0 atom stereocenters. The van der Waals surface area contributed by atoms with Crippen LogP contribution in [0.25, 0.3) is 0 Å². The first-order chi connectivity index (χ1) is 14.2. The van der Waals surface area contributed by atoms with E-state index in [1.54, 1.807) is 4.90 Å². The normalized spacial score (nSPS) is 25.4. The van der Waals surface area contributed by atoms with Gasteiger partial charge >= 0.3 is 6.09 Å². The van der Waals surface area contributed by atoms with Crippen LogP contribution in [0.1, 0.15) is 44.1 Å². The van der Waals surface area contributed by atoms with Crippen LogP contribution in [0.2, 0.25) is 0 Å². The molecular formula is C23H34N2O4. The summed E-state index contributed by atoms with van der Waals surface area (Å²) in [6.45, 7) is 5.58. The van der Waals surface area contributed by atoms with Crippen molar-refractivity contribution in [2.75, 3.05) is 39.9 Å². The summed E-state index contributed by atoms with van der Waals surface area (Å²) in [5.74, 6) is 1.44. The minimum Gasteiger partial charge on any atom is -0.490 e. The molecule has 0 aromatic heterocycles. The standard InChI is InChI=1S/C23H34N2O4/c1-24(23(26)29-21-8-12-27-13-9-21)16-19-14-22(15-19)28-20-6-4-18(5-7-20)17-25-10-2-3-11-25/h4-7,19,21-22H,2-3,8-17H2,1H3. The second kappa shape index (κ2) is 9.81. The summed E-state index contributed by atoms with van der Waals surface area (Å²) in [6.07, 6.45) is 6.28. The molecule has 0 unspecified atom stereocenters. The first-order valence-electron chi connectivity index (χ1n) is 11.1. The van der Waals surface area contributed by atoms with Crippen LogP contribution in [0.4, 0.5) is 4.79 Å². The first kappa shape index (κ1) is 20.5. The molecule has 1 saturated carbocycles. The van der Waals surface area contributed by atoms with Crippen molar-refractivity contribution in [2.24, 2.45) is 5.92 Å². The van der Waals surface area contributed by atoms with Gasteiger partial charge in [0, 0.05) is 33.0 Å². The van der Waals surface area contributed by atoms with E-state index in [-0.39, 0.29) is 18.3 Å². The second-order valence-corrected chi connectivity index (χ2v) is 8.78. The number of nitrogens with zero attached hydrogens (tertiary/aromatic N) is 2. The van der Waals surface area contributed by atoms with Crippen LogP contribution in [-0.2, 0) is 16.0 Å². The van der Waals surface area contributed by atoms with E-state index in [1.165, 1.54) is 31.5 Å². The number of rotatable bonds is 7. The molecule has 1 aromatic rings. The third kappa shape index (κ3) is 5.86. The third-order valence-corrected chi connectivity index (χ3v) is 6.30. The number of hydrogen-bond donors (Lipinski definition) is 0. The van der Waals surface area contributed by atoms with Crippen molar-refractivity contribution in [3.05, 3.63) is 29.8 Å². The Morgan fingerprint density at radius 3 is 2.48 bits per heavy atom. The van der Waals surface area contributed by atoms with Gasteiger partial charge in [0.25, 0.3) is 0 Å². The van der Waals surface area contributed by atoms with Crippen LogP contribution < -0.4 is 4.74 Å². The topological polar surface area (TPSA) is 51.2 Å². The zero-order valence-corrected chi connectivity index (χ0v) is 17.6. The quantitative estimate of drug-likeness (QED) is 0.696. The third-order valence-electron chi connectivity index (χ3n) is 6.30. The van der Waals surface area contributed by atoms with Crippen molar-refractivity contribution in [3.8, 4) is 5.75 Å². The van der Waals surface area contributed by atoms with E-state index in [4.69, 9.17) is 14.2 Å². The summed E-state index contributed by atoms with van der Waals surface area (Å²) < 4.78 is 17.0. The Bertz CT molecular complexity index is 647. The Kier molecular flexibility index (Phi) is 6.93. The van der Waals surface area contributed by atoms with Gasteiger partial charge in [0.1, 0.15) is 11.9 Å². The highest BCUT2D eigenvalue weighted by Crippen LogP contribution is 2.32. The number of hydrogen-bond acceptors (Lipinski definition) is 5. The van der Waals surface area contributed by atoms with Gasteiger partial charge in [-0.25, -0.2) is 4.79 Å². The average molecular weight is 403 g/mol. The second-order valence-electron chi connectivity index (χ2n) is 8.78. The minimum absolute atomic E-state index is 0.00427. The Labute approximate surface area is 174 Å². The van der Waals surface area contributed by atoms with Crippen molar-refractivity contribution >= 4 is 6.09 Å². The smallest absolute Gasteiger partial charge is 0.409 e. The summed E-state index contributed by atoms with van der Waals surface area (Å²) in [5, 5.41) is 0. The Balaban J connectivity index is 1.14. The van der Waals surface area contributed by atoms with Crippen molar-refractivity contribution in [3.63, 3.8) is 0 Å². The number of likely N-dealkylation sites (tertiary alicyclic amines) is 1. The lowest BCUT2D eigenvalue weighted by Crippen LogP contribution is -2.43. The predicted molar refractivity (Wildman–Crippen MR) is 111 cm³/mol. The number of amides is 1. The molecule has 4 rings (SSSR count). The molecule has 2 saturated heterocycles. The highest BCUT2D eigenvalue weighted by molar-refractivity contribution is 5.67. The van der Waals surface area contributed by atoms with Crippen LogP contribution >= 0.6 is 0 Å².